The highest BCUT2D eigenvalue weighted by Crippen LogP contribution is 2.12. The summed E-state index contributed by atoms with van der Waals surface area (Å²) in [7, 11) is 0. The van der Waals surface area contributed by atoms with Crippen molar-refractivity contribution >= 4 is 35.6 Å². The summed E-state index contributed by atoms with van der Waals surface area (Å²) < 4.78 is 0. The highest BCUT2D eigenvalue weighted by molar-refractivity contribution is 5.95. The number of aromatic hydroxyl groups is 1. The molecular formula is C24H34N4O10. The lowest BCUT2D eigenvalue weighted by Gasteiger charge is -2.25. The summed E-state index contributed by atoms with van der Waals surface area (Å²) in [5.74, 6) is -7.37. The molecule has 0 saturated heterocycles. The van der Waals surface area contributed by atoms with E-state index in [4.69, 9.17) is 10.8 Å². The van der Waals surface area contributed by atoms with Crippen LogP contribution in [0.1, 0.15) is 45.1 Å². The van der Waals surface area contributed by atoms with Gasteiger partial charge < -0.3 is 42.1 Å². The number of phenols is 1. The Balaban J connectivity index is 3.08. The van der Waals surface area contributed by atoms with Crippen LogP contribution in [0, 0.1) is 5.92 Å². The molecule has 1 aromatic carbocycles. The first-order chi connectivity index (χ1) is 17.7. The Morgan fingerprint density at radius 2 is 1.34 bits per heavy atom. The largest absolute Gasteiger partial charge is 0.508 e. The number of rotatable bonds is 16. The lowest BCUT2D eigenvalue weighted by atomic mass is 9.99. The van der Waals surface area contributed by atoms with E-state index in [1.54, 1.807) is 13.8 Å². The van der Waals surface area contributed by atoms with E-state index in [2.05, 4.69) is 16.0 Å². The molecule has 0 bridgehead atoms. The number of hydrogen-bond acceptors (Lipinski definition) is 8. The summed E-state index contributed by atoms with van der Waals surface area (Å²) in [5, 5.41) is 43.9. The molecule has 0 radical (unpaired) electrons. The van der Waals surface area contributed by atoms with Crippen LogP contribution < -0.4 is 21.7 Å². The van der Waals surface area contributed by atoms with Crippen LogP contribution >= 0.6 is 0 Å². The minimum Gasteiger partial charge on any atom is -0.508 e. The first-order valence-corrected chi connectivity index (χ1v) is 11.9. The Morgan fingerprint density at radius 1 is 0.816 bits per heavy atom. The smallest absolute Gasteiger partial charge is 0.326 e. The molecule has 0 heterocycles. The van der Waals surface area contributed by atoms with Crippen molar-refractivity contribution in [3.63, 3.8) is 0 Å². The van der Waals surface area contributed by atoms with Crippen LogP contribution in [0.5, 0.6) is 5.75 Å². The minimum absolute atomic E-state index is 0.0470. The number of benzene rings is 1. The van der Waals surface area contributed by atoms with E-state index in [0.29, 0.717) is 12.0 Å². The van der Waals surface area contributed by atoms with Gasteiger partial charge in [-0.15, -0.1) is 0 Å². The second kappa shape index (κ2) is 15.1. The summed E-state index contributed by atoms with van der Waals surface area (Å²) in [6.07, 6.45) is -1.53. The van der Waals surface area contributed by atoms with E-state index in [0.717, 1.165) is 0 Å². The molecule has 0 spiro atoms. The predicted octanol–water partition coefficient (Wildman–Crippen LogP) is -0.813. The van der Waals surface area contributed by atoms with Gasteiger partial charge in [-0.3, -0.25) is 24.0 Å². The molecule has 14 heteroatoms. The number of carbonyl (C=O) groups excluding carboxylic acids is 3. The molecule has 0 fully saturated rings. The van der Waals surface area contributed by atoms with Crippen molar-refractivity contribution < 1.29 is 49.2 Å². The van der Waals surface area contributed by atoms with Crippen molar-refractivity contribution in [3.8, 4) is 5.75 Å². The predicted molar refractivity (Wildman–Crippen MR) is 132 cm³/mol. The number of hydrogen-bond donors (Lipinski definition) is 8. The fourth-order valence-electron chi connectivity index (χ4n) is 3.31. The summed E-state index contributed by atoms with van der Waals surface area (Å²) in [6.45, 7) is 3.48. The number of carboxylic acid groups (broad SMARTS) is 3. The van der Waals surface area contributed by atoms with Gasteiger partial charge in [0.25, 0.3) is 0 Å². The average Bonchev–Trinajstić information content (AvgIpc) is 2.85. The number of amides is 3. The average molecular weight is 539 g/mol. The van der Waals surface area contributed by atoms with Gasteiger partial charge >= 0.3 is 17.9 Å². The number of nitrogens with two attached hydrogens (primary N) is 1. The van der Waals surface area contributed by atoms with Crippen LogP contribution in [0.2, 0.25) is 0 Å². The van der Waals surface area contributed by atoms with Gasteiger partial charge in [0.05, 0.1) is 12.5 Å². The number of phenolic OH excluding ortho intramolecular Hbond substituents is 1. The van der Waals surface area contributed by atoms with Gasteiger partial charge in [0.2, 0.25) is 17.7 Å². The number of carbonyl (C=O) groups is 6. The quantitative estimate of drug-likeness (QED) is 0.129. The van der Waals surface area contributed by atoms with E-state index in [9.17, 15) is 44.1 Å². The third-order valence-electron chi connectivity index (χ3n) is 5.84. The molecule has 5 unspecified atom stereocenters. The van der Waals surface area contributed by atoms with Crippen LogP contribution in [-0.4, -0.2) is 80.2 Å². The maximum Gasteiger partial charge on any atom is 0.326 e. The Labute approximate surface area is 218 Å². The fraction of sp³-hybridized carbons (Fsp3) is 0.500. The summed E-state index contributed by atoms with van der Waals surface area (Å²) in [5.41, 5.74) is 6.31. The van der Waals surface area contributed by atoms with E-state index >= 15 is 0 Å². The van der Waals surface area contributed by atoms with Gasteiger partial charge in [-0.1, -0.05) is 32.4 Å². The summed E-state index contributed by atoms with van der Waals surface area (Å²) in [4.78, 5) is 72.4. The molecule has 14 nitrogen and oxygen atoms in total. The molecule has 5 atom stereocenters. The van der Waals surface area contributed by atoms with Crippen molar-refractivity contribution in [2.45, 2.75) is 70.1 Å². The van der Waals surface area contributed by atoms with Crippen molar-refractivity contribution in [2.75, 3.05) is 0 Å². The molecule has 0 aliphatic heterocycles. The number of nitrogens with one attached hydrogen (secondary N) is 3. The molecule has 0 aliphatic carbocycles. The molecule has 0 aliphatic rings. The zero-order valence-electron chi connectivity index (χ0n) is 21.0. The van der Waals surface area contributed by atoms with Crippen molar-refractivity contribution in [1.82, 2.24) is 16.0 Å². The second-order valence-corrected chi connectivity index (χ2v) is 8.83. The maximum atomic E-state index is 12.9. The second-order valence-electron chi connectivity index (χ2n) is 8.83. The third kappa shape index (κ3) is 10.8. The lowest BCUT2D eigenvalue weighted by molar-refractivity contribution is -0.143. The highest BCUT2D eigenvalue weighted by Gasteiger charge is 2.32. The Bertz CT molecular complexity index is 1010. The Hall–Kier alpha value is -4.20. The zero-order valence-corrected chi connectivity index (χ0v) is 21.0. The monoisotopic (exact) mass is 538 g/mol. The van der Waals surface area contributed by atoms with E-state index < -0.39 is 79.1 Å². The first kappa shape index (κ1) is 31.8. The van der Waals surface area contributed by atoms with Crippen molar-refractivity contribution in [2.24, 2.45) is 11.7 Å². The Kier molecular flexibility index (Phi) is 12.7. The van der Waals surface area contributed by atoms with Crippen LogP contribution in [0.25, 0.3) is 0 Å². The van der Waals surface area contributed by atoms with Crippen molar-refractivity contribution in [3.05, 3.63) is 29.8 Å². The molecule has 1 aromatic rings. The summed E-state index contributed by atoms with van der Waals surface area (Å²) >= 11 is 0. The first-order valence-electron chi connectivity index (χ1n) is 11.9. The van der Waals surface area contributed by atoms with E-state index in [1.807, 2.05) is 0 Å². The highest BCUT2D eigenvalue weighted by atomic mass is 16.4. The normalized spacial score (nSPS) is 14.7. The topological polar surface area (TPSA) is 245 Å². The Morgan fingerprint density at radius 3 is 1.84 bits per heavy atom. The number of carboxylic acids is 3. The third-order valence-corrected chi connectivity index (χ3v) is 5.84. The van der Waals surface area contributed by atoms with Gasteiger partial charge in [-0.25, -0.2) is 4.79 Å². The number of aliphatic carboxylic acids is 3. The molecule has 3 amide bonds. The molecule has 0 saturated carbocycles. The van der Waals surface area contributed by atoms with Crippen LogP contribution in [0.15, 0.2) is 24.3 Å². The van der Waals surface area contributed by atoms with Crippen molar-refractivity contribution in [1.29, 1.82) is 0 Å². The van der Waals surface area contributed by atoms with Gasteiger partial charge in [-0.05, 0) is 30.0 Å². The van der Waals surface area contributed by atoms with Gasteiger partial charge in [-0.2, -0.15) is 0 Å². The molecule has 9 N–H and O–H groups in total. The zero-order chi connectivity index (χ0) is 29.0. The fourth-order valence-corrected chi connectivity index (χ4v) is 3.31. The SMILES string of the molecule is CCC(C)C(N)C(=O)NC(CC(=O)O)C(=O)NC(CCC(=O)O)C(=O)NC(Cc1ccc(O)cc1)C(=O)O. The van der Waals surface area contributed by atoms with Crippen LogP contribution in [-0.2, 0) is 35.2 Å². The molecule has 38 heavy (non-hydrogen) atoms. The van der Waals surface area contributed by atoms with Crippen LogP contribution in [0.3, 0.4) is 0 Å². The van der Waals surface area contributed by atoms with Crippen LogP contribution in [0.4, 0.5) is 0 Å². The van der Waals surface area contributed by atoms with E-state index in [-0.39, 0.29) is 18.1 Å². The molecule has 0 aromatic heterocycles. The molecule has 1 rings (SSSR count). The maximum absolute atomic E-state index is 12.9. The summed E-state index contributed by atoms with van der Waals surface area (Å²) in [6, 6.07) is -0.147. The lowest BCUT2D eigenvalue weighted by Crippen LogP contribution is -2.58. The molecule has 210 valence electrons. The van der Waals surface area contributed by atoms with Gasteiger partial charge in [0, 0.05) is 12.8 Å². The van der Waals surface area contributed by atoms with E-state index in [1.165, 1.54) is 24.3 Å². The van der Waals surface area contributed by atoms with Gasteiger partial charge in [0.1, 0.15) is 23.9 Å². The molecular weight excluding hydrogens is 504 g/mol. The standard InChI is InChI=1S/C24H34N4O10/c1-3-12(2)20(25)23(36)27-16(11-19(32)33)22(35)26-15(8-9-18(30)31)21(34)28-17(24(37)38)10-13-4-6-14(29)7-5-13/h4-7,12,15-17,20,29H,3,8-11,25H2,1-2H3,(H,26,35)(H,27,36)(H,28,34)(H,30,31)(H,32,33)(H,37,38). The minimum atomic E-state index is -1.64. The van der Waals surface area contributed by atoms with Gasteiger partial charge in [0.15, 0.2) is 0 Å².